The fourth-order valence-corrected chi connectivity index (χ4v) is 3.50. The third kappa shape index (κ3) is 4.85. The van der Waals surface area contributed by atoms with Crippen LogP contribution in [0.3, 0.4) is 0 Å². The number of likely N-dealkylation sites (tertiary alicyclic amines) is 1. The molecule has 0 atom stereocenters. The predicted octanol–water partition coefficient (Wildman–Crippen LogP) is 4.67. The van der Waals surface area contributed by atoms with Crippen molar-refractivity contribution in [3.05, 3.63) is 23.2 Å². The molecule has 2 aromatic rings. The average Bonchev–Trinajstić information content (AvgIpc) is 2.97. The van der Waals surface area contributed by atoms with Gasteiger partial charge in [0.2, 0.25) is 0 Å². The standard InChI is InChI=1S/C18H27ClN4/c19-15-8-9-17-16(14-15)18(22-21-17)20-10-4-1-2-5-11-23-12-6-3-7-13-23/h8-9,14H,1-7,10-13H2,(H2,20,21,22). The van der Waals surface area contributed by atoms with E-state index < -0.39 is 0 Å². The lowest BCUT2D eigenvalue weighted by atomic mass is 10.1. The van der Waals surface area contributed by atoms with E-state index in [0.717, 1.165) is 28.3 Å². The molecule has 0 amide bonds. The molecule has 1 fully saturated rings. The van der Waals surface area contributed by atoms with Crippen molar-refractivity contribution < 1.29 is 0 Å². The molecule has 0 unspecified atom stereocenters. The highest BCUT2D eigenvalue weighted by Gasteiger charge is 2.09. The molecule has 3 rings (SSSR count). The van der Waals surface area contributed by atoms with E-state index in [2.05, 4.69) is 20.4 Å². The highest BCUT2D eigenvalue weighted by Crippen LogP contribution is 2.23. The number of hydrogen-bond donors (Lipinski definition) is 2. The molecule has 1 aromatic carbocycles. The van der Waals surface area contributed by atoms with Crippen LogP contribution >= 0.6 is 11.6 Å². The van der Waals surface area contributed by atoms with Gasteiger partial charge in [0.05, 0.1) is 5.52 Å². The highest BCUT2D eigenvalue weighted by atomic mass is 35.5. The van der Waals surface area contributed by atoms with Crippen LogP contribution in [0.2, 0.25) is 5.02 Å². The Bertz CT molecular complexity index is 604. The van der Waals surface area contributed by atoms with E-state index in [1.165, 1.54) is 64.6 Å². The summed E-state index contributed by atoms with van der Waals surface area (Å²) in [5.74, 6) is 0.913. The predicted molar refractivity (Wildman–Crippen MR) is 98.4 cm³/mol. The summed E-state index contributed by atoms with van der Waals surface area (Å²) in [6, 6.07) is 5.81. The van der Waals surface area contributed by atoms with E-state index in [9.17, 15) is 0 Å². The Morgan fingerprint density at radius 1 is 1.09 bits per heavy atom. The molecule has 1 aliphatic rings. The van der Waals surface area contributed by atoms with E-state index >= 15 is 0 Å². The molecule has 2 N–H and O–H groups in total. The van der Waals surface area contributed by atoms with Crippen molar-refractivity contribution in [3.63, 3.8) is 0 Å². The second-order valence-electron chi connectivity index (χ2n) is 6.51. The smallest absolute Gasteiger partial charge is 0.155 e. The Balaban J connectivity index is 1.31. The van der Waals surface area contributed by atoms with Gasteiger partial charge in [-0.2, -0.15) is 5.10 Å². The maximum absolute atomic E-state index is 6.06. The molecule has 5 heteroatoms. The minimum Gasteiger partial charge on any atom is -0.368 e. The molecule has 0 spiro atoms. The molecular formula is C18H27ClN4. The van der Waals surface area contributed by atoms with Crippen molar-refractivity contribution in [3.8, 4) is 0 Å². The number of benzene rings is 1. The van der Waals surface area contributed by atoms with Crippen molar-refractivity contribution in [2.75, 3.05) is 31.5 Å². The monoisotopic (exact) mass is 334 g/mol. The fourth-order valence-electron chi connectivity index (χ4n) is 3.32. The van der Waals surface area contributed by atoms with Gasteiger partial charge < -0.3 is 10.2 Å². The average molecular weight is 335 g/mol. The van der Waals surface area contributed by atoms with E-state index in [0.29, 0.717) is 0 Å². The van der Waals surface area contributed by atoms with Crippen molar-refractivity contribution in [1.82, 2.24) is 15.1 Å². The van der Waals surface area contributed by atoms with Crippen LogP contribution in [-0.4, -0.2) is 41.3 Å². The number of fused-ring (bicyclic) bond motifs is 1. The van der Waals surface area contributed by atoms with Crippen LogP contribution < -0.4 is 5.32 Å². The maximum atomic E-state index is 6.06. The molecular weight excluding hydrogens is 308 g/mol. The molecule has 0 saturated carbocycles. The lowest BCUT2D eigenvalue weighted by molar-refractivity contribution is 0.224. The summed E-state index contributed by atoms with van der Waals surface area (Å²) < 4.78 is 0. The molecule has 4 nitrogen and oxygen atoms in total. The number of piperidine rings is 1. The van der Waals surface area contributed by atoms with Crippen LogP contribution in [0.25, 0.3) is 10.9 Å². The van der Waals surface area contributed by atoms with Crippen LogP contribution in [0.5, 0.6) is 0 Å². The number of nitrogens with zero attached hydrogens (tertiary/aromatic N) is 2. The van der Waals surface area contributed by atoms with Gasteiger partial charge in [0.15, 0.2) is 5.82 Å². The molecule has 2 heterocycles. The van der Waals surface area contributed by atoms with Gasteiger partial charge >= 0.3 is 0 Å². The van der Waals surface area contributed by atoms with Gasteiger partial charge in [0.1, 0.15) is 0 Å². The Morgan fingerprint density at radius 2 is 1.91 bits per heavy atom. The number of aromatic amines is 1. The minimum absolute atomic E-state index is 0.750. The van der Waals surface area contributed by atoms with Gasteiger partial charge in [-0.3, -0.25) is 5.10 Å². The lowest BCUT2D eigenvalue weighted by Gasteiger charge is -2.26. The minimum atomic E-state index is 0.750. The van der Waals surface area contributed by atoms with E-state index in [4.69, 9.17) is 11.6 Å². The number of H-pyrrole nitrogens is 1. The van der Waals surface area contributed by atoms with Crippen molar-refractivity contribution in [1.29, 1.82) is 0 Å². The van der Waals surface area contributed by atoms with Crippen molar-refractivity contribution in [2.45, 2.75) is 44.9 Å². The highest BCUT2D eigenvalue weighted by molar-refractivity contribution is 6.31. The first kappa shape index (κ1) is 16.6. The molecule has 0 radical (unpaired) electrons. The Kier molecular flexibility index (Phi) is 6.17. The number of aromatic nitrogens is 2. The summed E-state index contributed by atoms with van der Waals surface area (Å²) in [5.41, 5.74) is 1.03. The fraction of sp³-hybridized carbons (Fsp3) is 0.611. The maximum Gasteiger partial charge on any atom is 0.155 e. The van der Waals surface area contributed by atoms with Crippen LogP contribution in [0, 0.1) is 0 Å². The first-order valence-electron chi connectivity index (χ1n) is 8.93. The first-order chi connectivity index (χ1) is 11.3. The largest absolute Gasteiger partial charge is 0.368 e. The summed E-state index contributed by atoms with van der Waals surface area (Å²) in [5, 5.41) is 12.6. The van der Waals surface area contributed by atoms with Crippen molar-refractivity contribution >= 4 is 28.3 Å². The topological polar surface area (TPSA) is 44.0 Å². The Morgan fingerprint density at radius 3 is 2.78 bits per heavy atom. The van der Waals surface area contributed by atoms with Crippen LogP contribution in [0.15, 0.2) is 18.2 Å². The Hall–Kier alpha value is -1.26. The molecule has 1 saturated heterocycles. The van der Waals surface area contributed by atoms with Gasteiger partial charge in [-0.15, -0.1) is 0 Å². The number of halogens is 1. The van der Waals surface area contributed by atoms with Crippen LogP contribution in [-0.2, 0) is 0 Å². The SMILES string of the molecule is Clc1ccc2[nH]nc(NCCCCCCN3CCCCC3)c2c1. The number of rotatable bonds is 8. The van der Waals surface area contributed by atoms with Gasteiger partial charge in [0, 0.05) is 17.0 Å². The number of unbranched alkanes of at least 4 members (excludes halogenated alkanes) is 3. The summed E-state index contributed by atoms with van der Waals surface area (Å²) in [6.45, 7) is 4.89. The summed E-state index contributed by atoms with van der Waals surface area (Å²) >= 11 is 6.06. The third-order valence-corrected chi connectivity index (χ3v) is 4.90. The zero-order valence-corrected chi connectivity index (χ0v) is 14.5. The second kappa shape index (κ2) is 8.55. The van der Waals surface area contributed by atoms with Gasteiger partial charge in [0.25, 0.3) is 0 Å². The molecule has 0 aliphatic carbocycles. The molecule has 1 aliphatic heterocycles. The van der Waals surface area contributed by atoms with Crippen LogP contribution in [0.1, 0.15) is 44.9 Å². The van der Waals surface area contributed by atoms with E-state index in [-0.39, 0.29) is 0 Å². The van der Waals surface area contributed by atoms with Gasteiger partial charge in [-0.25, -0.2) is 0 Å². The van der Waals surface area contributed by atoms with Gasteiger partial charge in [-0.1, -0.05) is 30.9 Å². The molecule has 23 heavy (non-hydrogen) atoms. The zero-order chi connectivity index (χ0) is 15.9. The quantitative estimate of drug-likeness (QED) is 0.689. The molecule has 0 bridgehead atoms. The second-order valence-corrected chi connectivity index (χ2v) is 6.94. The third-order valence-electron chi connectivity index (χ3n) is 4.67. The molecule has 126 valence electrons. The van der Waals surface area contributed by atoms with Crippen LogP contribution in [0.4, 0.5) is 5.82 Å². The van der Waals surface area contributed by atoms with Crippen molar-refractivity contribution in [2.24, 2.45) is 0 Å². The first-order valence-corrected chi connectivity index (χ1v) is 9.30. The normalized spacial score (nSPS) is 16.0. The zero-order valence-electron chi connectivity index (χ0n) is 13.8. The molecule has 1 aromatic heterocycles. The Labute approximate surface area is 143 Å². The van der Waals surface area contributed by atoms with Gasteiger partial charge in [-0.05, 0) is 63.5 Å². The summed E-state index contributed by atoms with van der Waals surface area (Å²) in [4.78, 5) is 2.63. The van der Waals surface area contributed by atoms with E-state index in [1.807, 2.05) is 18.2 Å². The van der Waals surface area contributed by atoms with E-state index in [1.54, 1.807) is 0 Å². The summed E-state index contributed by atoms with van der Waals surface area (Å²) in [7, 11) is 0. The lowest BCUT2D eigenvalue weighted by Crippen LogP contribution is -2.30. The number of nitrogens with one attached hydrogen (secondary N) is 2. The number of anilines is 1. The summed E-state index contributed by atoms with van der Waals surface area (Å²) in [6.07, 6.45) is 9.34. The number of hydrogen-bond acceptors (Lipinski definition) is 3.